The Kier molecular flexibility index (Phi) is 5.08. The van der Waals surface area contributed by atoms with Crippen LogP contribution >= 0.6 is 0 Å². The van der Waals surface area contributed by atoms with Crippen molar-refractivity contribution in [1.82, 2.24) is 10.2 Å². The lowest BCUT2D eigenvalue weighted by Gasteiger charge is -2.25. The second kappa shape index (κ2) is 6.60. The third-order valence-corrected chi connectivity index (χ3v) is 4.51. The van der Waals surface area contributed by atoms with E-state index in [9.17, 15) is 0 Å². The van der Waals surface area contributed by atoms with Crippen LogP contribution in [0.3, 0.4) is 0 Å². The molecule has 0 amide bonds. The average Bonchev–Trinajstić information content (AvgIpc) is 3.05. The predicted molar refractivity (Wildman–Crippen MR) is 79.5 cm³/mol. The van der Waals surface area contributed by atoms with Crippen molar-refractivity contribution in [3.8, 4) is 0 Å². The SMILES string of the molecule is CCNC(=NCC1CCCO1)N1CCC(C)(CC)C1. The number of hydrogen-bond donors (Lipinski definition) is 1. The highest BCUT2D eigenvalue weighted by molar-refractivity contribution is 5.80. The van der Waals surface area contributed by atoms with Crippen molar-refractivity contribution < 1.29 is 4.74 Å². The Bertz CT molecular complexity index is 313. The van der Waals surface area contributed by atoms with Crippen LogP contribution in [0, 0.1) is 5.41 Å². The number of likely N-dealkylation sites (tertiary alicyclic amines) is 1. The van der Waals surface area contributed by atoms with E-state index in [0.717, 1.165) is 45.2 Å². The van der Waals surface area contributed by atoms with Crippen LogP contribution in [0.1, 0.15) is 46.5 Å². The fraction of sp³-hybridized carbons (Fsp3) is 0.933. The number of aliphatic imine (C=N–C) groups is 1. The van der Waals surface area contributed by atoms with Crippen LogP contribution in [0.4, 0.5) is 0 Å². The third-order valence-electron chi connectivity index (χ3n) is 4.51. The molecule has 0 radical (unpaired) electrons. The van der Waals surface area contributed by atoms with E-state index in [0.29, 0.717) is 11.5 Å². The largest absolute Gasteiger partial charge is 0.376 e. The van der Waals surface area contributed by atoms with Gasteiger partial charge in [0.05, 0.1) is 12.6 Å². The Morgan fingerprint density at radius 1 is 1.47 bits per heavy atom. The Morgan fingerprint density at radius 2 is 2.32 bits per heavy atom. The van der Waals surface area contributed by atoms with E-state index in [4.69, 9.17) is 9.73 Å². The fourth-order valence-corrected chi connectivity index (χ4v) is 2.90. The quantitative estimate of drug-likeness (QED) is 0.627. The van der Waals surface area contributed by atoms with Gasteiger partial charge in [0.2, 0.25) is 0 Å². The maximum atomic E-state index is 5.65. The van der Waals surface area contributed by atoms with E-state index in [2.05, 4.69) is 31.0 Å². The van der Waals surface area contributed by atoms with Crippen LogP contribution in [-0.2, 0) is 4.74 Å². The molecule has 4 heteroatoms. The van der Waals surface area contributed by atoms with Crippen molar-refractivity contribution in [2.75, 3.05) is 32.8 Å². The van der Waals surface area contributed by atoms with Gasteiger partial charge >= 0.3 is 0 Å². The van der Waals surface area contributed by atoms with Gasteiger partial charge in [0.25, 0.3) is 0 Å². The predicted octanol–water partition coefficient (Wildman–Crippen LogP) is 2.25. The highest BCUT2D eigenvalue weighted by Gasteiger charge is 2.33. The molecule has 0 spiro atoms. The van der Waals surface area contributed by atoms with Gasteiger partial charge in [0, 0.05) is 26.2 Å². The van der Waals surface area contributed by atoms with Gasteiger partial charge < -0.3 is 15.0 Å². The zero-order valence-corrected chi connectivity index (χ0v) is 12.7. The maximum Gasteiger partial charge on any atom is 0.194 e. The summed E-state index contributed by atoms with van der Waals surface area (Å²) in [7, 11) is 0. The van der Waals surface area contributed by atoms with Crippen LogP contribution in [0.2, 0.25) is 0 Å². The number of nitrogens with one attached hydrogen (secondary N) is 1. The number of guanidine groups is 1. The molecular weight excluding hydrogens is 238 g/mol. The van der Waals surface area contributed by atoms with Crippen molar-refractivity contribution >= 4 is 5.96 Å². The van der Waals surface area contributed by atoms with Crippen LogP contribution in [0.5, 0.6) is 0 Å². The molecule has 0 aromatic heterocycles. The Labute approximate surface area is 117 Å². The molecule has 2 unspecified atom stereocenters. The molecule has 0 saturated carbocycles. The first-order chi connectivity index (χ1) is 9.17. The molecule has 1 N–H and O–H groups in total. The molecule has 19 heavy (non-hydrogen) atoms. The number of ether oxygens (including phenoxy) is 1. The molecular formula is C15H29N3O. The van der Waals surface area contributed by atoms with Gasteiger partial charge in [0.1, 0.15) is 0 Å². The molecule has 2 saturated heterocycles. The molecule has 0 bridgehead atoms. The Hall–Kier alpha value is -0.770. The van der Waals surface area contributed by atoms with Gasteiger partial charge in [-0.05, 0) is 38.0 Å². The van der Waals surface area contributed by atoms with E-state index >= 15 is 0 Å². The first-order valence-corrected chi connectivity index (χ1v) is 7.82. The van der Waals surface area contributed by atoms with Crippen molar-refractivity contribution in [3.05, 3.63) is 0 Å². The molecule has 0 aliphatic carbocycles. The number of nitrogens with zero attached hydrogens (tertiary/aromatic N) is 2. The van der Waals surface area contributed by atoms with Gasteiger partial charge in [-0.15, -0.1) is 0 Å². The van der Waals surface area contributed by atoms with Gasteiger partial charge in [-0.1, -0.05) is 13.8 Å². The summed E-state index contributed by atoms with van der Waals surface area (Å²) in [6, 6.07) is 0. The molecule has 2 heterocycles. The third kappa shape index (κ3) is 3.85. The maximum absolute atomic E-state index is 5.65. The summed E-state index contributed by atoms with van der Waals surface area (Å²) in [6.07, 6.45) is 5.21. The van der Waals surface area contributed by atoms with E-state index in [1.165, 1.54) is 19.3 Å². The summed E-state index contributed by atoms with van der Waals surface area (Å²) < 4.78 is 5.65. The topological polar surface area (TPSA) is 36.9 Å². The van der Waals surface area contributed by atoms with Gasteiger partial charge in [-0.3, -0.25) is 4.99 Å². The lowest BCUT2D eigenvalue weighted by Crippen LogP contribution is -2.41. The second-order valence-corrected chi connectivity index (χ2v) is 6.17. The standard InChI is InChI=1S/C15H29N3O/c1-4-15(3)8-9-18(12-15)14(16-5-2)17-11-13-7-6-10-19-13/h13H,4-12H2,1-3H3,(H,16,17). The zero-order chi connectivity index (χ0) is 13.7. The van der Waals surface area contributed by atoms with Crippen LogP contribution in [0.25, 0.3) is 0 Å². The number of rotatable bonds is 4. The molecule has 2 rings (SSSR count). The summed E-state index contributed by atoms with van der Waals surface area (Å²) in [4.78, 5) is 7.20. The normalized spacial score (nSPS) is 32.1. The first kappa shape index (κ1) is 14.6. The minimum Gasteiger partial charge on any atom is -0.376 e. The summed E-state index contributed by atoms with van der Waals surface area (Å²) >= 11 is 0. The minimum absolute atomic E-state index is 0.341. The summed E-state index contributed by atoms with van der Waals surface area (Å²) in [5.74, 6) is 1.08. The number of hydrogen-bond acceptors (Lipinski definition) is 2. The highest BCUT2D eigenvalue weighted by atomic mass is 16.5. The van der Waals surface area contributed by atoms with Crippen LogP contribution < -0.4 is 5.32 Å². The summed E-state index contributed by atoms with van der Waals surface area (Å²) in [5, 5.41) is 3.43. The Balaban J connectivity index is 1.93. The minimum atomic E-state index is 0.341. The van der Waals surface area contributed by atoms with E-state index < -0.39 is 0 Å². The average molecular weight is 267 g/mol. The highest BCUT2D eigenvalue weighted by Crippen LogP contribution is 2.32. The van der Waals surface area contributed by atoms with Crippen molar-refractivity contribution in [2.45, 2.75) is 52.6 Å². The van der Waals surface area contributed by atoms with E-state index in [1.54, 1.807) is 0 Å². The van der Waals surface area contributed by atoms with E-state index in [1.807, 2.05) is 0 Å². The molecule has 0 aromatic carbocycles. The zero-order valence-electron chi connectivity index (χ0n) is 12.7. The van der Waals surface area contributed by atoms with Crippen molar-refractivity contribution in [2.24, 2.45) is 10.4 Å². The Morgan fingerprint density at radius 3 is 2.89 bits per heavy atom. The molecule has 2 atom stereocenters. The fourth-order valence-electron chi connectivity index (χ4n) is 2.90. The summed E-state index contributed by atoms with van der Waals surface area (Å²) in [5.41, 5.74) is 0.458. The van der Waals surface area contributed by atoms with Crippen molar-refractivity contribution in [3.63, 3.8) is 0 Å². The second-order valence-electron chi connectivity index (χ2n) is 6.17. The molecule has 2 aliphatic rings. The smallest absolute Gasteiger partial charge is 0.194 e. The van der Waals surface area contributed by atoms with Crippen molar-refractivity contribution in [1.29, 1.82) is 0 Å². The first-order valence-electron chi connectivity index (χ1n) is 7.82. The van der Waals surface area contributed by atoms with E-state index in [-0.39, 0.29) is 0 Å². The molecule has 4 nitrogen and oxygen atoms in total. The van der Waals surface area contributed by atoms with Gasteiger partial charge in [-0.25, -0.2) is 0 Å². The summed E-state index contributed by atoms with van der Waals surface area (Å²) in [6.45, 7) is 11.7. The van der Waals surface area contributed by atoms with Crippen LogP contribution in [-0.4, -0.2) is 49.7 Å². The molecule has 2 aliphatic heterocycles. The monoisotopic (exact) mass is 267 g/mol. The molecule has 110 valence electrons. The molecule has 0 aromatic rings. The lowest BCUT2D eigenvalue weighted by molar-refractivity contribution is 0.117. The lowest BCUT2D eigenvalue weighted by atomic mass is 9.87. The van der Waals surface area contributed by atoms with Gasteiger partial charge in [-0.2, -0.15) is 0 Å². The molecule has 2 fully saturated rings. The van der Waals surface area contributed by atoms with Gasteiger partial charge in [0.15, 0.2) is 5.96 Å². The van der Waals surface area contributed by atoms with Crippen LogP contribution in [0.15, 0.2) is 4.99 Å².